The Morgan fingerprint density at radius 2 is 0.740 bits per heavy atom. The number of nitrogens with zero attached hydrogens (tertiary/aromatic N) is 4. The van der Waals surface area contributed by atoms with Gasteiger partial charge in [0.25, 0.3) is 0 Å². The monoisotopic (exact) mass is 674 g/mol. The van der Waals surface area contributed by atoms with Crippen LogP contribution in [0.3, 0.4) is 0 Å². The van der Waals surface area contributed by atoms with Gasteiger partial charge < -0.3 is 9.13 Å². The summed E-state index contributed by atoms with van der Waals surface area (Å²) in [6.45, 7) is 0. The third-order valence-electron chi connectivity index (χ3n) is 9.86. The minimum Gasteiger partial charge on any atom is -0.307 e. The second-order valence-corrected chi connectivity index (χ2v) is 14.8. The van der Waals surface area contributed by atoms with Crippen LogP contribution in [-0.2, 0) is 0 Å². The summed E-state index contributed by atoms with van der Waals surface area (Å²) < 4.78 is 7.29. The summed E-state index contributed by atoms with van der Waals surface area (Å²) in [7, 11) is 0. The van der Waals surface area contributed by atoms with Gasteiger partial charge in [-0.25, -0.2) is 0 Å². The van der Waals surface area contributed by atoms with E-state index < -0.39 is 0 Å². The maximum absolute atomic E-state index is 4.74. The lowest BCUT2D eigenvalue weighted by atomic mass is 10.0. The molecule has 5 aromatic carbocycles. The van der Waals surface area contributed by atoms with Gasteiger partial charge >= 0.3 is 0 Å². The quantitative estimate of drug-likeness (QED) is 0.186. The van der Waals surface area contributed by atoms with Crippen molar-refractivity contribution in [1.82, 2.24) is 19.1 Å². The lowest BCUT2D eigenvalue weighted by Crippen LogP contribution is -2.05. The van der Waals surface area contributed by atoms with Crippen LogP contribution in [-0.4, -0.2) is 19.1 Å². The first-order chi connectivity index (χ1) is 24.8. The number of hydrogen-bond acceptors (Lipinski definition) is 4. The van der Waals surface area contributed by atoms with Crippen molar-refractivity contribution in [2.45, 2.75) is 0 Å². The van der Waals surface area contributed by atoms with E-state index in [2.05, 4.69) is 143 Å². The summed E-state index contributed by atoms with van der Waals surface area (Å²) in [6, 6.07) is 52.8. The summed E-state index contributed by atoms with van der Waals surface area (Å²) in [5, 5.41) is 4.96. The van der Waals surface area contributed by atoms with Crippen LogP contribution < -0.4 is 0 Å². The topological polar surface area (TPSA) is 35.6 Å². The van der Waals surface area contributed by atoms with Crippen molar-refractivity contribution < 1.29 is 0 Å². The van der Waals surface area contributed by atoms with Gasteiger partial charge in [-0.2, -0.15) is 0 Å². The van der Waals surface area contributed by atoms with Crippen LogP contribution in [0.25, 0.3) is 96.3 Å². The second kappa shape index (κ2) is 10.7. The van der Waals surface area contributed by atoms with Gasteiger partial charge in [-0.05, 0) is 72.8 Å². The minimum absolute atomic E-state index is 1.02. The Balaban J connectivity index is 1.35. The molecular weight excluding hydrogens is 649 g/mol. The molecule has 4 nitrogen and oxygen atoms in total. The van der Waals surface area contributed by atoms with E-state index in [4.69, 9.17) is 9.97 Å². The number of hydrogen-bond donors (Lipinski definition) is 0. The molecule has 50 heavy (non-hydrogen) atoms. The number of para-hydroxylation sites is 4. The Hall–Kier alpha value is -6.08. The van der Waals surface area contributed by atoms with E-state index in [0.29, 0.717) is 0 Å². The van der Waals surface area contributed by atoms with E-state index >= 15 is 0 Å². The van der Waals surface area contributed by atoms with Gasteiger partial charge in [0.05, 0.1) is 53.9 Å². The zero-order valence-electron chi connectivity index (χ0n) is 26.6. The summed E-state index contributed by atoms with van der Waals surface area (Å²) in [5.41, 5.74) is 11.4. The summed E-state index contributed by atoms with van der Waals surface area (Å²) in [4.78, 5) is 11.9. The molecule has 0 radical (unpaired) electrons. The molecular formula is C44H26N4S2. The minimum atomic E-state index is 1.02. The zero-order valence-corrected chi connectivity index (χ0v) is 28.2. The highest BCUT2D eigenvalue weighted by atomic mass is 32.1. The molecule has 0 amide bonds. The molecule has 11 aromatic rings. The van der Waals surface area contributed by atoms with Crippen molar-refractivity contribution >= 4 is 86.7 Å². The summed E-state index contributed by atoms with van der Waals surface area (Å²) in [5.74, 6) is 0. The zero-order chi connectivity index (χ0) is 32.8. The molecule has 11 rings (SSSR count). The molecule has 0 saturated carbocycles. The van der Waals surface area contributed by atoms with Gasteiger partial charge in [0.2, 0.25) is 0 Å². The second-order valence-electron chi connectivity index (χ2n) is 12.6. The molecule has 0 spiro atoms. The largest absolute Gasteiger partial charge is 0.307 e. The highest BCUT2D eigenvalue weighted by molar-refractivity contribution is 7.23. The fourth-order valence-electron chi connectivity index (χ4n) is 7.71. The molecule has 0 unspecified atom stereocenters. The van der Waals surface area contributed by atoms with Crippen LogP contribution in [0.1, 0.15) is 0 Å². The predicted molar refractivity (Wildman–Crippen MR) is 212 cm³/mol. The van der Waals surface area contributed by atoms with Crippen LogP contribution in [0, 0.1) is 0 Å². The molecule has 0 saturated heterocycles. The van der Waals surface area contributed by atoms with Crippen molar-refractivity contribution in [2.75, 3.05) is 0 Å². The SMILES string of the molecule is c1cnc2cc(-c3cc(-n4c5ccccc5c5ccccc54)c(-n4c5ccccc5c5ccccc54)cc3-c3cc4ncccc4s3)sc2c1. The summed E-state index contributed by atoms with van der Waals surface area (Å²) in [6.07, 6.45) is 3.76. The fraction of sp³-hybridized carbons (Fsp3) is 0. The average Bonchev–Trinajstić information content (AvgIpc) is 3.95. The highest BCUT2D eigenvalue weighted by Gasteiger charge is 2.24. The number of rotatable bonds is 4. The number of pyridine rings is 2. The van der Waals surface area contributed by atoms with Gasteiger partial charge in [-0.1, -0.05) is 72.8 Å². The van der Waals surface area contributed by atoms with Crippen molar-refractivity contribution in [1.29, 1.82) is 0 Å². The molecule has 6 heteroatoms. The molecule has 0 bridgehead atoms. The Bertz CT molecular complexity index is 2740. The summed E-state index contributed by atoms with van der Waals surface area (Å²) >= 11 is 3.60. The number of fused-ring (bicyclic) bond motifs is 8. The predicted octanol–water partition coefficient (Wildman–Crippen LogP) is 12.4. The van der Waals surface area contributed by atoms with E-state index in [1.165, 1.54) is 73.9 Å². The third-order valence-corrected chi connectivity index (χ3v) is 12.1. The Morgan fingerprint density at radius 3 is 1.10 bits per heavy atom. The molecule has 0 aliphatic rings. The van der Waals surface area contributed by atoms with Crippen LogP contribution >= 0.6 is 22.7 Å². The molecule has 234 valence electrons. The van der Waals surface area contributed by atoms with E-state index in [1.54, 1.807) is 22.7 Å². The van der Waals surface area contributed by atoms with E-state index in [-0.39, 0.29) is 0 Å². The third kappa shape index (κ3) is 4.03. The van der Waals surface area contributed by atoms with E-state index in [1.807, 2.05) is 24.5 Å². The number of aromatic nitrogens is 4. The molecule has 0 fully saturated rings. The number of thiophene rings is 2. The maximum atomic E-state index is 4.74. The Morgan fingerprint density at radius 1 is 0.380 bits per heavy atom. The van der Waals surface area contributed by atoms with Crippen LogP contribution in [0.2, 0.25) is 0 Å². The highest BCUT2D eigenvalue weighted by Crippen LogP contribution is 2.47. The van der Waals surface area contributed by atoms with Gasteiger partial charge in [-0.15, -0.1) is 22.7 Å². The lowest BCUT2D eigenvalue weighted by molar-refractivity contribution is 1.10. The first-order valence-corrected chi connectivity index (χ1v) is 18.3. The van der Waals surface area contributed by atoms with E-state index in [0.717, 1.165) is 22.4 Å². The van der Waals surface area contributed by atoms with Gasteiger partial charge in [0.1, 0.15) is 0 Å². The lowest BCUT2D eigenvalue weighted by Gasteiger charge is -2.20. The normalized spacial score (nSPS) is 12.0. The van der Waals surface area contributed by atoms with Gasteiger partial charge in [0, 0.05) is 54.8 Å². The van der Waals surface area contributed by atoms with Crippen molar-refractivity contribution in [3.05, 3.63) is 158 Å². The Labute approximate surface area is 294 Å². The van der Waals surface area contributed by atoms with Crippen molar-refractivity contribution in [2.24, 2.45) is 0 Å². The molecule has 0 aliphatic carbocycles. The molecule has 0 N–H and O–H groups in total. The fourth-order valence-corrected chi connectivity index (χ4v) is 9.81. The molecule has 0 aliphatic heterocycles. The maximum Gasteiger partial charge on any atom is 0.0816 e. The van der Waals surface area contributed by atoms with E-state index in [9.17, 15) is 0 Å². The van der Waals surface area contributed by atoms with Crippen molar-refractivity contribution in [3.8, 4) is 32.3 Å². The van der Waals surface area contributed by atoms with Crippen molar-refractivity contribution in [3.63, 3.8) is 0 Å². The first kappa shape index (κ1) is 27.8. The van der Waals surface area contributed by atoms with Crippen LogP contribution in [0.15, 0.2) is 158 Å². The van der Waals surface area contributed by atoms with Crippen LogP contribution in [0.4, 0.5) is 0 Å². The smallest absolute Gasteiger partial charge is 0.0816 e. The standard InChI is InChI=1S/C44H26N4S2/c1-5-15-35-27(11-1)28-12-2-6-16-36(28)47(35)39-23-31(43-25-33-41(49-43)19-9-21-45-33)32(44-26-34-42(50-44)20-10-22-46-34)24-40(39)48-37-17-7-3-13-29(37)30-14-4-8-18-38(30)48/h1-26H. The van der Waals surface area contributed by atoms with Crippen LogP contribution in [0.5, 0.6) is 0 Å². The molecule has 0 atom stereocenters. The average molecular weight is 675 g/mol. The van der Waals surface area contributed by atoms with Gasteiger partial charge in [0.15, 0.2) is 0 Å². The molecule has 6 heterocycles. The van der Waals surface area contributed by atoms with Gasteiger partial charge in [-0.3, -0.25) is 9.97 Å². The first-order valence-electron chi connectivity index (χ1n) is 16.7. The molecule has 6 aromatic heterocycles. The number of benzene rings is 5. The Kier molecular flexibility index (Phi) is 5.96.